The second-order valence-corrected chi connectivity index (χ2v) is 11.9. The molecule has 12 N–H and O–H groups in total. The summed E-state index contributed by atoms with van der Waals surface area (Å²) in [6, 6.07) is -2.36. The van der Waals surface area contributed by atoms with Crippen LogP contribution in [0.5, 0.6) is 0 Å². The van der Waals surface area contributed by atoms with Crippen LogP contribution in [0, 0.1) is 5.92 Å². The molecule has 2 aliphatic heterocycles. The van der Waals surface area contributed by atoms with Gasteiger partial charge in [-0.25, -0.2) is 13.1 Å². The lowest BCUT2D eigenvalue weighted by atomic mass is 9.83. The number of ether oxygens (including phenoxy) is 4. The maximum absolute atomic E-state index is 12.5. The first kappa shape index (κ1) is 29.6. The molecule has 0 aromatic rings. The number of hydrogen-bond donors (Lipinski definition) is 8. The molecule has 0 radical (unpaired) electrons. The van der Waals surface area contributed by atoms with Crippen LogP contribution < -0.4 is 27.7 Å². The molecule has 0 aromatic carbocycles. The molecule has 210 valence electrons. The van der Waals surface area contributed by atoms with E-state index in [1.165, 1.54) is 6.92 Å². The van der Waals surface area contributed by atoms with Crippen molar-refractivity contribution in [3.63, 3.8) is 0 Å². The van der Waals surface area contributed by atoms with Gasteiger partial charge in [0.05, 0.1) is 36.6 Å². The summed E-state index contributed by atoms with van der Waals surface area (Å²) in [6.45, 7) is 3.05. The van der Waals surface area contributed by atoms with Gasteiger partial charge in [-0.2, -0.15) is 0 Å². The van der Waals surface area contributed by atoms with Crippen molar-refractivity contribution in [2.75, 3.05) is 25.4 Å². The quantitative estimate of drug-likeness (QED) is 0.140. The van der Waals surface area contributed by atoms with Gasteiger partial charge in [0.15, 0.2) is 6.29 Å². The van der Waals surface area contributed by atoms with Gasteiger partial charge in [0.25, 0.3) is 0 Å². The topological polar surface area (TPSA) is 248 Å². The molecule has 1 saturated heterocycles. The van der Waals surface area contributed by atoms with Crippen LogP contribution in [0.1, 0.15) is 26.7 Å². The zero-order valence-corrected chi connectivity index (χ0v) is 21.4. The lowest BCUT2D eigenvalue weighted by Gasteiger charge is -2.48. The van der Waals surface area contributed by atoms with Crippen molar-refractivity contribution in [1.29, 1.82) is 0 Å². The van der Waals surface area contributed by atoms with Crippen LogP contribution in [0.4, 0.5) is 0 Å². The smallest absolute Gasteiger partial charge is 0.215 e. The van der Waals surface area contributed by atoms with Crippen LogP contribution in [0.15, 0.2) is 11.8 Å². The second-order valence-electron chi connectivity index (χ2n) is 10.00. The van der Waals surface area contributed by atoms with Gasteiger partial charge in [-0.05, 0) is 25.8 Å². The van der Waals surface area contributed by atoms with Crippen LogP contribution in [0.3, 0.4) is 0 Å². The maximum atomic E-state index is 12.5. The molecule has 2 fully saturated rings. The first-order valence-corrected chi connectivity index (χ1v) is 13.7. The highest BCUT2D eigenvalue weighted by Crippen LogP contribution is 2.34. The highest BCUT2D eigenvalue weighted by Gasteiger charge is 2.51. The maximum Gasteiger partial charge on any atom is 0.215 e. The van der Waals surface area contributed by atoms with E-state index in [9.17, 15) is 23.7 Å². The van der Waals surface area contributed by atoms with Crippen molar-refractivity contribution in [2.45, 2.75) is 87.4 Å². The van der Waals surface area contributed by atoms with Crippen molar-refractivity contribution < 1.29 is 42.7 Å². The average Bonchev–Trinajstić information content (AvgIpc) is 2.80. The van der Waals surface area contributed by atoms with E-state index in [4.69, 9.17) is 41.9 Å². The lowest BCUT2D eigenvalue weighted by molar-refractivity contribution is -0.310. The molecule has 0 bridgehead atoms. The van der Waals surface area contributed by atoms with Crippen LogP contribution in [0.25, 0.3) is 0 Å². The number of aliphatic hydroxyl groups excluding tert-OH is 2. The third-order valence-corrected chi connectivity index (χ3v) is 8.50. The molecule has 0 amide bonds. The molecule has 11 atom stereocenters. The molecule has 14 nitrogen and oxygen atoms in total. The van der Waals surface area contributed by atoms with Crippen molar-refractivity contribution in [3.05, 3.63) is 11.8 Å². The first-order valence-electron chi connectivity index (χ1n) is 12.1. The summed E-state index contributed by atoms with van der Waals surface area (Å²) in [6.07, 6.45) is -4.99. The standard InChI is InChI=1S/C21H41N5O9S/c1-10-15(27)20(32-9-21(10,2)29)35-18-14(26-36(30,31)6-5-22)7-13(25)17(16(18)28)34-19-12(24)4-3-11(8-23)33-19/h3,10,12-20,26-29H,4-9,22-25H2,1-2H3/t10-,12-,13+,14-,15-,16+,17?,18+,19-,20-,21+/m1/s1. The third-order valence-electron chi connectivity index (χ3n) is 7.07. The molecule has 1 unspecified atom stereocenters. The molecular formula is C21H41N5O9S. The van der Waals surface area contributed by atoms with Gasteiger partial charge in [-0.15, -0.1) is 0 Å². The van der Waals surface area contributed by atoms with Crippen LogP contribution in [-0.2, 0) is 29.0 Å². The minimum atomic E-state index is -3.83. The molecule has 15 heteroatoms. The van der Waals surface area contributed by atoms with E-state index in [-0.39, 0.29) is 31.9 Å². The Balaban J connectivity index is 1.83. The van der Waals surface area contributed by atoms with Gasteiger partial charge in [0.1, 0.15) is 30.2 Å². The predicted octanol–water partition coefficient (Wildman–Crippen LogP) is -3.88. The number of aliphatic hydroxyl groups is 3. The van der Waals surface area contributed by atoms with Gasteiger partial charge in [0, 0.05) is 18.5 Å². The SMILES string of the molecule is C[C@@H]1[C@@H](O)[C@@H](O[C@H]2[C@H](NS(=O)(=O)CCN)C[C@H](N)C(O[C@H]3OC(CN)=CC[C@H]3N)[C@@H]2O)OC[C@]1(C)O. The Morgan fingerprint density at radius 2 is 1.81 bits per heavy atom. The summed E-state index contributed by atoms with van der Waals surface area (Å²) < 4.78 is 50.7. The number of nitrogens with two attached hydrogens (primary N) is 4. The number of sulfonamides is 1. The van der Waals surface area contributed by atoms with Crippen molar-refractivity contribution in [2.24, 2.45) is 28.9 Å². The van der Waals surface area contributed by atoms with E-state index in [1.807, 2.05) is 0 Å². The summed E-state index contributed by atoms with van der Waals surface area (Å²) in [5, 5.41) is 32.4. The predicted molar refractivity (Wildman–Crippen MR) is 128 cm³/mol. The monoisotopic (exact) mass is 539 g/mol. The van der Waals surface area contributed by atoms with E-state index in [2.05, 4.69) is 4.72 Å². The second kappa shape index (κ2) is 11.8. The average molecular weight is 540 g/mol. The van der Waals surface area contributed by atoms with E-state index in [0.717, 1.165) is 0 Å². The molecule has 1 saturated carbocycles. The van der Waals surface area contributed by atoms with Crippen molar-refractivity contribution in [3.8, 4) is 0 Å². The van der Waals surface area contributed by atoms with Gasteiger partial charge >= 0.3 is 0 Å². The normalized spacial score (nSPS) is 44.1. The Morgan fingerprint density at radius 3 is 2.44 bits per heavy atom. The fourth-order valence-electron chi connectivity index (χ4n) is 4.59. The molecule has 0 spiro atoms. The summed E-state index contributed by atoms with van der Waals surface area (Å²) in [7, 11) is -3.83. The van der Waals surface area contributed by atoms with E-state index in [0.29, 0.717) is 12.2 Å². The van der Waals surface area contributed by atoms with Crippen LogP contribution in [0.2, 0.25) is 0 Å². The highest BCUT2D eigenvalue weighted by molar-refractivity contribution is 7.89. The molecule has 0 aromatic heterocycles. The Labute approximate surface area is 211 Å². The van der Waals surface area contributed by atoms with Gasteiger partial charge in [0.2, 0.25) is 16.3 Å². The minimum Gasteiger partial charge on any atom is -0.467 e. The number of rotatable bonds is 9. The minimum absolute atomic E-state index is 0.0216. The Hall–Kier alpha value is -0.950. The van der Waals surface area contributed by atoms with Gasteiger partial charge in [-0.3, -0.25) is 0 Å². The van der Waals surface area contributed by atoms with Crippen molar-refractivity contribution >= 4 is 10.0 Å². The molecule has 36 heavy (non-hydrogen) atoms. The largest absolute Gasteiger partial charge is 0.467 e. The number of hydrogen-bond acceptors (Lipinski definition) is 13. The van der Waals surface area contributed by atoms with Crippen molar-refractivity contribution in [1.82, 2.24) is 4.72 Å². The molecule has 3 rings (SSSR count). The van der Waals surface area contributed by atoms with Crippen LogP contribution >= 0.6 is 0 Å². The summed E-state index contributed by atoms with van der Waals surface area (Å²) in [4.78, 5) is 0. The van der Waals surface area contributed by atoms with E-state index < -0.39 is 76.7 Å². The Kier molecular flexibility index (Phi) is 9.74. The summed E-state index contributed by atoms with van der Waals surface area (Å²) in [5.74, 6) is -0.488. The fourth-order valence-corrected chi connectivity index (χ4v) is 5.71. The first-order chi connectivity index (χ1) is 16.8. The van der Waals surface area contributed by atoms with Crippen LogP contribution in [-0.4, -0.2) is 110 Å². The van der Waals surface area contributed by atoms with E-state index >= 15 is 0 Å². The zero-order valence-electron chi connectivity index (χ0n) is 20.6. The zero-order chi connectivity index (χ0) is 26.8. The van der Waals surface area contributed by atoms with Gasteiger partial charge in [-0.1, -0.05) is 6.92 Å². The van der Waals surface area contributed by atoms with Gasteiger partial charge < -0.3 is 57.2 Å². The Morgan fingerprint density at radius 1 is 1.14 bits per heavy atom. The summed E-state index contributed by atoms with van der Waals surface area (Å²) in [5.41, 5.74) is 22.2. The highest BCUT2D eigenvalue weighted by atomic mass is 32.2. The lowest BCUT2D eigenvalue weighted by Crippen LogP contribution is -2.67. The molecule has 2 heterocycles. The third kappa shape index (κ3) is 6.73. The summed E-state index contributed by atoms with van der Waals surface area (Å²) >= 11 is 0. The molecular weight excluding hydrogens is 498 g/mol. The Bertz CT molecular complexity index is 876. The van der Waals surface area contributed by atoms with E-state index in [1.54, 1.807) is 13.0 Å². The fraction of sp³-hybridized carbons (Fsp3) is 0.905. The molecule has 3 aliphatic rings. The molecule has 1 aliphatic carbocycles. The number of nitrogens with one attached hydrogen (secondary N) is 1.